The summed E-state index contributed by atoms with van der Waals surface area (Å²) in [5, 5.41) is 2.37. The number of benzene rings is 1. The molecule has 1 fully saturated rings. The number of anilines is 1. The van der Waals surface area contributed by atoms with Crippen LogP contribution in [0.4, 0.5) is 10.5 Å². The molecule has 2 aliphatic carbocycles. The van der Waals surface area contributed by atoms with E-state index in [-0.39, 0.29) is 0 Å². The van der Waals surface area contributed by atoms with Crippen LogP contribution in [0, 0.1) is 0 Å². The van der Waals surface area contributed by atoms with Crippen molar-refractivity contribution in [1.29, 1.82) is 0 Å². The summed E-state index contributed by atoms with van der Waals surface area (Å²) in [7, 11) is -1.74. The fraction of sp³-hybridized carbons (Fsp3) is 0.588. The highest BCUT2D eigenvalue weighted by molar-refractivity contribution is 7.90. The van der Waals surface area contributed by atoms with E-state index in [1.54, 1.807) is 0 Å². The molecular weight excluding hydrogens is 326 g/mol. The third kappa shape index (κ3) is 2.69. The van der Waals surface area contributed by atoms with Gasteiger partial charge < -0.3 is 10.2 Å². The molecule has 130 valence electrons. The number of likely N-dealkylation sites (tertiary alicyclic amines) is 1. The van der Waals surface area contributed by atoms with Crippen LogP contribution in [0.5, 0.6) is 0 Å². The van der Waals surface area contributed by atoms with E-state index < -0.39 is 21.3 Å². The molecule has 1 aliphatic heterocycles. The molecule has 24 heavy (non-hydrogen) atoms. The number of rotatable bonds is 3. The van der Waals surface area contributed by atoms with E-state index in [2.05, 4.69) is 16.1 Å². The van der Waals surface area contributed by atoms with Crippen LogP contribution in [-0.2, 0) is 35.7 Å². The summed E-state index contributed by atoms with van der Waals surface area (Å²) in [6.45, 7) is 0.942. The molecule has 7 heteroatoms. The second-order valence-corrected chi connectivity index (χ2v) is 9.14. The Hall–Kier alpha value is -1.60. The van der Waals surface area contributed by atoms with Crippen molar-refractivity contribution < 1.29 is 13.2 Å². The Kier molecular flexibility index (Phi) is 3.80. The fourth-order valence-electron chi connectivity index (χ4n) is 4.16. The maximum atomic E-state index is 12.3. The van der Waals surface area contributed by atoms with Crippen molar-refractivity contribution in [2.24, 2.45) is 0 Å². The number of hydrogen-bond donors (Lipinski definition) is 2. The first-order chi connectivity index (χ1) is 11.4. The van der Waals surface area contributed by atoms with Crippen molar-refractivity contribution in [1.82, 2.24) is 9.62 Å². The Morgan fingerprint density at radius 3 is 2.21 bits per heavy atom. The van der Waals surface area contributed by atoms with E-state index in [4.69, 9.17) is 0 Å². The van der Waals surface area contributed by atoms with Gasteiger partial charge in [-0.15, -0.1) is 0 Å². The Bertz CT molecular complexity index is 766. The lowest BCUT2D eigenvalue weighted by Gasteiger charge is -2.35. The number of fused-ring (bicyclic) bond motifs is 2. The summed E-state index contributed by atoms with van der Waals surface area (Å²) in [6, 6.07) is 1.66. The first-order valence-electron chi connectivity index (χ1n) is 8.62. The van der Waals surface area contributed by atoms with E-state index in [1.807, 2.05) is 11.9 Å². The normalized spacial score (nSPS) is 20.4. The van der Waals surface area contributed by atoms with E-state index in [0.717, 1.165) is 44.2 Å². The maximum absolute atomic E-state index is 12.3. The maximum Gasteiger partial charge on any atom is 0.332 e. The van der Waals surface area contributed by atoms with Gasteiger partial charge in [0.1, 0.15) is 5.25 Å². The highest BCUT2D eigenvalue weighted by Gasteiger charge is 2.36. The number of aryl methyl sites for hydroxylation is 2. The summed E-state index contributed by atoms with van der Waals surface area (Å²) in [5.74, 6) is 0. The molecule has 0 spiro atoms. The Labute approximate surface area is 142 Å². The smallest absolute Gasteiger partial charge is 0.307 e. The zero-order valence-corrected chi connectivity index (χ0v) is 14.7. The number of sulfonamides is 1. The molecule has 0 saturated carbocycles. The van der Waals surface area contributed by atoms with Crippen LogP contribution in [0.1, 0.15) is 35.1 Å². The average Bonchev–Trinajstić information content (AvgIpc) is 3.11. The average molecular weight is 349 g/mol. The molecule has 0 atom stereocenters. The van der Waals surface area contributed by atoms with Crippen LogP contribution in [-0.4, -0.2) is 44.7 Å². The van der Waals surface area contributed by atoms with Crippen molar-refractivity contribution in [3.8, 4) is 0 Å². The molecule has 0 unspecified atom stereocenters. The van der Waals surface area contributed by atoms with Gasteiger partial charge in [0.2, 0.25) is 10.0 Å². The van der Waals surface area contributed by atoms with Gasteiger partial charge in [0, 0.05) is 18.8 Å². The summed E-state index contributed by atoms with van der Waals surface area (Å²) in [4.78, 5) is 14.3. The Morgan fingerprint density at radius 2 is 1.67 bits per heavy atom. The molecule has 1 aromatic carbocycles. The van der Waals surface area contributed by atoms with Gasteiger partial charge in [-0.1, -0.05) is 6.07 Å². The first kappa shape index (κ1) is 15.9. The monoisotopic (exact) mass is 349 g/mol. The minimum absolute atomic E-state index is 0.471. The second-order valence-electron chi connectivity index (χ2n) is 7.18. The van der Waals surface area contributed by atoms with Crippen molar-refractivity contribution in [2.75, 3.05) is 25.5 Å². The molecule has 2 amide bonds. The highest BCUT2D eigenvalue weighted by atomic mass is 32.2. The molecule has 1 aromatic rings. The Balaban J connectivity index is 1.55. The lowest BCUT2D eigenvalue weighted by atomic mass is 9.99. The van der Waals surface area contributed by atoms with Gasteiger partial charge in [0.25, 0.3) is 0 Å². The van der Waals surface area contributed by atoms with Crippen molar-refractivity contribution in [3.63, 3.8) is 0 Å². The summed E-state index contributed by atoms with van der Waals surface area (Å²) >= 11 is 0. The van der Waals surface area contributed by atoms with Crippen LogP contribution in [0.3, 0.4) is 0 Å². The molecule has 6 nitrogen and oxygen atoms in total. The van der Waals surface area contributed by atoms with Crippen LogP contribution in [0.25, 0.3) is 0 Å². The van der Waals surface area contributed by atoms with E-state index in [9.17, 15) is 13.2 Å². The van der Waals surface area contributed by atoms with Gasteiger partial charge in [-0.25, -0.2) is 17.9 Å². The third-order valence-electron chi connectivity index (χ3n) is 5.42. The molecule has 1 heterocycles. The van der Waals surface area contributed by atoms with Crippen LogP contribution in [0.2, 0.25) is 0 Å². The third-order valence-corrected chi connectivity index (χ3v) is 7.06. The highest BCUT2D eigenvalue weighted by Crippen LogP contribution is 2.38. The number of amides is 2. The number of hydrogen-bond acceptors (Lipinski definition) is 4. The minimum Gasteiger partial charge on any atom is -0.307 e. The molecular formula is C17H23N3O3S. The van der Waals surface area contributed by atoms with Gasteiger partial charge in [0.05, 0.1) is 0 Å². The molecule has 0 bridgehead atoms. The number of carbonyl (C=O) groups is 1. The first-order valence-corrected chi connectivity index (χ1v) is 10.2. The van der Waals surface area contributed by atoms with Crippen molar-refractivity contribution >= 4 is 21.7 Å². The predicted molar refractivity (Wildman–Crippen MR) is 92.9 cm³/mol. The minimum atomic E-state index is -3.61. The van der Waals surface area contributed by atoms with Gasteiger partial charge in [-0.05, 0) is 67.8 Å². The number of nitrogens with zero attached hydrogens (tertiary/aromatic N) is 1. The number of carbonyl (C=O) groups excluding carboxylic acids is 1. The topological polar surface area (TPSA) is 78.5 Å². The number of urea groups is 1. The van der Waals surface area contributed by atoms with E-state index in [0.29, 0.717) is 13.1 Å². The van der Waals surface area contributed by atoms with Gasteiger partial charge in [-0.3, -0.25) is 0 Å². The molecule has 4 rings (SSSR count). The van der Waals surface area contributed by atoms with Gasteiger partial charge in [-0.2, -0.15) is 0 Å². The summed E-state index contributed by atoms with van der Waals surface area (Å²) < 4.78 is 26.7. The molecule has 3 aliphatic rings. The van der Waals surface area contributed by atoms with Crippen molar-refractivity contribution in [3.05, 3.63) is 28.3 Å². The molecule has 0 radical (unpaired) electrons. The SMILES string of the molecule is CN1CC(S(=O)(=O)NC(=O)Nc2c3c(cc4c2CCC4)CCC3)C1. The zero-order valence-electron chi connectivity index (χ0n) is 13.9. The zero-order chi connectivity index (χ0) is 16.9. The van der Waals surface area contributed by atoms with Crippen molar-refractivity contribution in [2.45, 2.75) is 43.8 Å². The number of nitrogens with one attached hydrogen (secondary N) is 2. The van der Waals surface area contributed by atoms with Gasteiger partial charge >= 0.3 is 6.03 Å². The fourth-order valence-corrected chi connectivity index (χ4v) is 5.53. The van der Waals surface area contributed by atoms with E-state index >= 15 is 0 Å². The quantitative estimate of drug-likeness (QED) is 0.865. The van der Waals surface area contributed by atoms with Crippen LogP contribution in [0.15, 0.2) is 6.07 Å². The lowest BCUT2D eigenvalue weighted by molar-refractivity contribution is 0.229. The summed E-state index contributed by atoms with van der Waals surface area (Å²) in [6.07, 6.45) is 6.20. The molecule has 1 saturated heterocycles. The standard InChI is InChI=1S/C17H23N3O3S/c1-20-9-13(10-20)24(22,23)19-17(21)18-16-14-6-2-4-11(14)8-12-5-3-7-15(12)16/h8,13H,2-7,9-10H2,1H3,(H2,18,19,21). The largest absolute Gasteiger partial charge is 0.332 e. The van der Waals surface area contributed by atoms with Crippen LogP contribution < -0.4 is 10.0 Å². The summed E-state index contributed by atoms with van der Waals surface area (Å²) in [5.41, 5.74) is 5.90. The lowest BCUT2D eigenvalue weighted by Crippen LogP contribution is -2.57. The van der Waals surface area contributed by atoms with Gasteiger partial charge in [0.15, 0.2) is 0 Å². The Morgan fingerprint density at radius 1 is 1.08 bits per heavy atom. The van der Waals surface area contributed by atoms with E-state index in [1.165, 1.54) is 22.3 Å². The second kappa shape index (κ2) is 5.74. The predicted octanol–water partition coefficient (Wildman–Crippen LogP) is 1.43. The van der Waals surface area contributed by atoms with Crippen LogP contribution >= 0.6 is 0 Å². The molecule has 2 N–H and O–H groups in total. The molecule has 0 aromatic heterocycles.